The van der Waals surface area contributed by atoms with Crippen LogP contribution in [0.15, 0.2) is 54.6 Å². The van der Waals surface area contributed by atoms with E-state index >= 15 is 0 Å². The standard InChI is InChI=1S/C12H10O.C2H4O2.C2H6/c13-12-8-6-11(7-9-12)10-4-2-1-3-5-10;1-2(3)4;1-2/h1-9,13H;1H3,(H,3,4);1-2H3. The lowest BCUT2D eigenvalue weighted by Crippen LogP contribution is -1.78. The minimum atomic E-state index is -0.833. The smallest absolute Gasteiger partial charge is 0.300 e. The van der Waals surface area contributed by atoms with Crippen molar-refractivity contribution in [2.75, 3.05) is 0 Å². The van der Waals surface area contributed by atoms with Crippen LogP contribution in [0.5, 0.6) is 5.75 Å². The summed E-state index contributed by atoms with van der Waals surface area (Å²) in [6.45, 7) is 5.08. The van der Waals surface area contributed by atoms with Crippen LogP contribution < -0.4 is 0 Å². The van der Waals surface area contributed by atoms with Crippen molar-refractivity contribution in [2.45, 2.75) is 20.8 Å². The van der Waals surface area contributed by atoms with E-state index in [-0.39, 0.29) is 0 Å². The molecule has 0 bridgehead atoms. The second-order valence-electron chi connectivity index (χ2n) is 3.43. The zero-order chi connectivity index (χ0) is 14.7. The van der Waals surface area contributed by atoms with Crippen molar-refractivity contribution in [1.82, 2.24) is 0 Å². The molecule has 2 aromatic rings. The zero-order valence-electron chi connectivity index (χ0n) is 11.5. The van der Waals surface area contributed by atoms with Gasteiger partial charge in [-0.1, -0.05) is 56.3 Å². The van der Waals surface area contributed by atoms with Crippen LogP contribution in [-0.2, 0) is 4.79 Å². The quantitative estimate of drug-likeness (QED) is 0.808. The number of hydrogen-bond acceptors (Lipinski definition) is 2. The zero-order valence-corrected chi connectivity index (χ0v) is 11.5. The van der Waals surface area contributed by atoms with Gasteiger partial charge in [0, 0.05) is 6.92 Å². The maximum absolute atomic E-state index is 9.10. The average Bonchev–Trinajstić information content (AvgIpc) is 2.42. The fourth-order valence-electron chi connectivity index (χ4n) is 1.28. The van der Waals surface area contributed by atoms with Crippen molar-refractivity contribution in [3.63, 3.8) is 0 Å². The molecule has 0 aliphatic heterocycles. The summed E-state index contributed by atoms with van der Waals surface area (Å²) in [5.74, 6) is -0.528. The molecule has 0 aromatic heterocycles. The summed E-state index contributed by atoms with van der Waals surface area (Å²) in [5.41, 5.74) is 2.29. The fraction of sp³-hybridized carbons (Fsp3) is 0.188. The highest BCUT2D eigenvalue weighted by Gasteiger charge is 1.94. The van der Waals surface area contributed by atoms with Crippen LogP contribution in [0.25, 0.3) is 11.1 Å². The van der Waals surface area contributed by atoms with Gasteiger partial charge in [0.05, 0.1) is 0 Å². The summed E-state index contributed by atoms with van der Waals surface area (Å²) in [6, 6.07) is 17.3. The Morgan fingerprint density at radius 1 is 0.842 bits per heavy atom. The lowest BCUT2D eigenvalue weighted by Gasteiger charge is -2.00. The molecule has 0 aliphatic rings. The molecule has 0 radical (unpaired) electrons. The van der Waals surface area contributed by atoms with Crippen LogP contribution in [-0.4, -0.2) is 16.2 Å². The van der Waals surface area contributed by atoms with Gasteiger partial charge in [-0.15, -0.1) is 0 Å². The number of benzene rings is 2. The molecular formula is C16H20O3. The van der Waals surface area contributed by atoms with E-state index in [2.05, 4.69) is 0 Å². The monoisotopic (exact) mass is 260 g/mol. The number of hydrogen-bond donors (Lipinski definition) is 2. The van der Waals surface area contributed by atoms with Crippen molar-refractivity contribution in [3.05, 3.63) is 54.6 Å². The van der Waals surface area contributed by atoms with Crippen LogP contribution in [0.4, 0.5) is 0 Å². The van der Waals surface area contributed by atoms with E-state index in [0.717, 1.165) is 12.5 Å². The second-order valence-corrected chi connectivity index (χ2v) is 3.43. The highest BCUT2D eigenvalue weighted by molar-refractivity contribution is 5.63. The molecule has 2 rings (SSSR count). The molecule has 3 heteroatoms. The first kappa shape index (κ1) is 16.7. The molecule has 0 saturated heterocycles. The minimum absolute atomic E-state index is 0.305. The lowest BCUT2D eigenvalue weighted by molar-refractivity contribution is -0.134. The Morgan fingerprint density at radius 2 is 1.21 bits per heavy atom. The van der Waals surface area contributed by atoms with Crippen molar-refractivity contribution < 1.29 is 15.0 Å². The number of carboxylic acids is 1. The van der Waals surface area contributed by atoms with Gasteiger partial charge < -0.3 is 10.2 Å². The Hall–Kier alpha value is -2.29. The summed E-state index contributed by atoms with van der Waals surface area (Å²) >= 11 is 0. The van der Waals surface area contributed by atoms with Crippen molar-refractivity contribution >= 4 is 5.97 Å². The van der Waals surface area contributed by atoms with E-state index in [1.54, 1.807) is 12.1 Å². The predicted octanol–water partition coefficient (Wildman–Crippen LogP) is 4.18. The van der Waals surface area contributed by atoms with Gasteiger partial charge in [-0.3, -0.25) is 4.79 Å². The predicted molar refractivity (Wildman–Crippen MR) is 78.2 cm³/mol. The van der Waals surface area contributed by atoms with E-state index < -0.39 is 5.97 Å². The van der Waals surface area contributed by atoms with Crippen molar-refractivity contribution in [1.29, 1.82) is 0 Å². The topological polar surface area (TPSA) is 57.5 Å². The molecule has 0 spiro atoms. The number of aliphatic carboxylic acids is 1. The van der Waals surface area contributed by atoms with Crippen LogP contribution >= 0.6 is 0 Å². The van der Waals surface area contributed by atoms with Crippen molar-refractivity contribution in [2.24, 2.45) is 0 Å². The first-order valence-corrected chi connectivity index (χ1v) is 6.13. The SMILES string of the molecule is CC.CC(=O)O.Oc1ccc(-c2ccccc2)cc1. The van der Waals surface area contributed by atoms with E-state index in [9.17, 15) is 0 Å². The molecule has 2 N–H and O–H groups in total. The summed E-state index contributed by atoms with van der Waals surface area (Å²) in [4.78, 5) is 9.00. The van der Waals surface area contributed by atoms with Gasteiger partial charge in [-0.2, -0.15) is 0 Å². The average molecular weight is 260 g/mol. The largest absolute Gasteiger partial charge is 0.508 e. The molecule has 0 atom stereocenters. The number of phenolic OH excluding ortho intramolecular Hbond substituents is 1. The lowest BCUT2D eigenvalue weighted by atomic mass is 10.1. The van der Waals surface area contributed by atoms with Crippen LogP contribution in [0, 0.1) is 0 Å². The molecule has 0 amide bonds. The van der Waals surface area contributed by atoms with E-state index in [0.29, 0.717) is 5.75 Å². The van der Waals surface area contributed by atoms with Crippen LogP contribution in [0.1, 0.15) is 20.8 Å². The maximum atomic E-state index is 9.10. The second kappa shape index (κ2) is 9.71. The molecular weight excluding hydrogens is 240 g/mol. The van der Waals surface area contributed by atoms with E-state index in [1.165, 1.54) is 5.56 Å². The fourth-order valence-corrected chi connectivity index (χ4v) is 1.28. The Balaban J connectivity index is 0.000000467. The van der Waals surface area contributed by atoms with Gasteiger partial charge in [-0.25, -0.2) is 0 Å². The molecule has 0 unspecified atom stereocenters. The maximum Gasteiger partial charge on any atom is 0.300 e. The van der Waals surface area contributed by atoms with Gasteiger partial charge >= 0.3 is 0 Å². The normalized spacial score (nSPS) is 8.37. The summed E-state index contributed by atoms with van der Waals surface area (Å²) in [5, 5.41) is 16.5. The molecule has 2 aromatic carbocycles. The van der Waals surface area contributed by atoms with Gasteiger partial charge in [0.2, 0.25) is 0 Å². The number of carbonyl (C=O) groups is 1. The highest BCUT2D eigenvalue weighted by atomic mass is 16.4. The number of aromatic hydroxyl groups is 1. The summed E-state index contributed by atoms with van der Waals surface area (Å²) in [6.07, 6.45) is 0. The number of carboxylic acid groups (broad SMARTS) is 1. The Bertz CT molecular complexity index is 457. The van der Waals surface area contributed by atoms with Gasteiger partial charge in [-0.05, 0) is 23.3 Å². The van der Waals surface area contributed by atoms with Gasteiger partial charge in [0.15, 0.2) is 0 Å². The van der Waals surface area contributed by atoms with Gasteiger partial charge in [0.1, 0.15) is 5.75 Å². The number of phenols is 1. The first-order chi connectivity index (χ1) is 9.09. The Morgan fingerprint density at radius 3 is 1.63 bits per heavy atom. The first-order valence-electron chi connectivity index (χ1n) is 6.13. The molecule has 0 fully saturated rings. The van der Waals surface area contributed by atoms with Crippen molar-refractivity contribution in [3.8, 4) is 16.9 Å². The Labute approximate surface area is 114 Å². The Kier molecular flexibility index (Phi) is 8.54. The molecule has 0 heterocycles. The van der Waals surface area contributed by atoms with Crippen LogP contribution in [0.2, 0.25) is 0 Å². The van der Waals surface area contributed by atoms with Gasteiger partial charge in [0.25, 0.3) is 5.97 Å². The van der Waals surface area contributed by atoms with E-state index in [1.807, 2.05) is 56.3 Å². The third-order valence-electron chi connectivity index (χ3n) is 1.97. The van der Waals surface area contributed by atoms with Crippen LogP contribution in [0.3, 0.4) is 0 Å². The third kappa shape index (κ3) is 7.60. The number of rotatable bonds is 1. The molecule has 0 aliphatic carbocycles. The molecule has 0 saturated carbocycles. The molecule has 3 nitrogen and oxygen atoms in total. The van der Waals surface area contributed by atoms with E-state index in [4.69, 9.17) is 15.0 Å². The highest BCUT2D eigenvalue weighted by Crippen LogP contribution is 2.20. The minimum Gasteiger partial charge on any atom is -0.508 e. The summed E-state index contributed by atoms with van der Waals surface area (Å²) in [7, 11) is 0. The third-order valence-corrected chi connectivity index (χ3v) is 1.97. The molecule has 19 heavy (non-hydrogen) atoms. The molecule has 102 valence electrons. The summed E-state index contributed by atoms with van der Waals surface area (Å²) < 4.78 is 0.